The van der Waals surface area contributed by atoms with E-state index < -0.39 is 0 Å². The lowest BCUT2D eigenvalue weighted by Gasteiger charge is -2.22. The van der Waals surface area contributed by atoms with Gasteiger partial charge in [-0.05, 0) is 43.9 Å². The van der Waals surface area contributed by atoms with E-state index in [1.54, 1.807) is 7.11 Å². The summed E-state index contributed by atoms with van der Waals surface area (Å²) < 4.78 is 13.2. The van der Waals surface area contributed by atoms with Gasteiger partial charge in [-0.3, -0.25) is 0 Å². The van der Waals surface area contributed by atoms with Gasteiger partial charge in [0.1, 0.15) is 11.9 Å². The van der Waals surface area contributed by atoms with Gasteiger partial charge in [0.05, 0.1) is 19.0 Å². The Labute approximate surface area is 141 Å². The molecule has 0 N–H and O–H groups in total. The monoisotopic (exact) mass is 323 g/mol. The lowest BCUT2D eigenvalue weighted by atomic mass is 9.98. The first-order valence-corrected chi connectivity index (χ1v) is 8.49. The average Bonchev–Trinajstić information content (AvgIpc) is 3.06. The van der Waals surface area contributed by atoms with E-state index >= 15 is 0 Å². The minimum atomic E-state index is 0.285. The van der Waals surface area contributed by atoms with Crippen LogP contribution in [0.2, 0.25) is 0 Å². The molecule has 124 valence electrons. The fraction of sp³-hybridized carbons (Fsp3) is 0.368. The molecule has 3 aromatic rings. The lowest BCUT2D eigenvalue weighted by molar-refractivity contribution is 0.147. The smallest absolute Gasteiger partial charge is 0.232 e. The van der Waals surface area contributed by atoms with Crippen molar-refractivity contribution >= 4 is 5.65 Å². The zero-order valence-corrected chi connectivity index (χ0v) is 13.8. The highest BCUT2D eigenvalue weighted by Crippen LogP contribution is 2.26. The van der Waals surface area contributed by atoms with Gasteiger partial charge in [-0.15, -0.1) is 5.10 Å². The summed E-state index contributed by atoms with van der Waals surface area (Å²) in [6.45, 7) is 0. The molecule has 4 rings (SSSR count). The highest BCUT2D eigenvalue weighted by molar-refractivity contribution is 5.64. The molecule has 0 bridgehead atoms. The maximum Gasteiger partial charge on any atom is 0.232 e. The quantitative estimate of drug-likeness (QED) is 0.725. The Hall–Kier alpha value is -2.56. The van der Waals surface area contributed by atoms with Gasteiger partial charge in [-0.2, -0.15) is 0 Å². The molecule has 0 saturated heterocycles. The molecule has 24 heavy (non-hydrogen) atoms. The van der Waals surface area contributed by atoms with E-state index in [1.807, 2.05) is 47.1 Å². The van der Waals surface area contributed by atoms with Crippen LogP contribution in [-0.4, -0.2) is 27.8 Å². The van der Waals surface area contributed by atoms with Crippen molar-refractivity contribution in [1.82, 2.24) is 14.6 Å². The largest absolute Gasteiger partial charge is 0.497 e. The molecule has 5 heteroatoms. The van der Waals surface area contributed by atoms with E-state index in [-0.39, 0.29) is 6.10 Å². The van der Waals surface area contributed by atoms with Crippen LogP contribution in [0, 0.1) is 0 Å². The number of fused-ring (bicyclic) bond motifs is 1. The van der Waals surface area contributed by atoms with Gasteiger partial charge in [-0.25, -0.2) is 9.50 Å². The average molecular weight is 323 g/mol. The Kier molecular flexibility index (Phi) is 4.07. The van der Waals surface area contributed by atoms with Gasteiger partial charge in [0.2, 0.25) is 5.88 Å². The molecule has 0 unspecified atom stereocenters. The second kappa shape index (κ2) is 6.51. The molecular formula is C19H21N3O2. The first-order valence-electron chi connectivity index (χ1n) is 8.49. The molecular weight excluding hydrogens is 302 g/mol. The SMILES string of the molecule is COc1cccc(-c2cnc3ccc(OC4CCCCC4)nn23)c1. The third kappa shape index (κ3) is 2.94. The van der Waals surface area contributed by atoms with E-state index in [1.165, 1.54) is 19.3 Å². The number of ether oxygens (including phenoxy) is 2. The van der Waals surface area contributed by atoms with Crippen LogP contribution in [0.15, 0.2) is 42.6 Å². The summed E-state index contributed by atoms with van der Waals surface area (Å²) in [5.74, 6) is 1.48. The molecule has 5 nitrogen and oxygen atoms in total. The maximum atomic E-state index is 6.08. The predicted molar refractivity (Wildman–Crippen MR) is 92.5 cm³/mol. The zero-order chi connectivity index (χ0) is 16.4. The molecule has 0 spiro atoms. The molecule has 0 atom stereocenters. The first-order chi connectivity index (χ1) is 11.8. The Balaban J connectivity index is 1.67. The van der Waals surface area contributed by atoms with Crippen molar-refractivity contribution in [2.24, 2.45) is 0 Å². The number of aromatic nitrogens is 3. The van der Waals surface area contributed by atoms with Crippen molar-refractivity contribution in [1.29, 1.82) is 0 Å². The topological polar surface area (TPSA) is 48.7 Å². The highest BCUT2D eigenvalue weighted by Gasteiger charge is 2.16. The van der Waals surface area contributed by atoms with E-state index in [2.05, 4.69) is 10.1 Å². The van der Waals surface area contributed by atoms with Gasteiger partial charge in [0.25, 0.3) is 0 Å². The van der Waals surface area contributed by atoms with Crippen LogP contribution in [0.25, 0.3) is 16.9 Å². The summed E-state index contributed by atoms with van der Waals surface area (Å²) >= 11 is 0. The molecule has 1 saturated carbocycles. The second-order valence-corrected chi connectivity index (χ2v) is 6.19. The summed E-state index contributed by atoms with van der Waals surface area (Å²) in [5.41, 5.74) is 2.76. The van der Waals surface area contributed by atoms with Crippen LogP contribution < -0.4 is 9.47 Å². The Morgan fingerprint density at radius 1 is 1.08 bits per heavy atom. The second-order valence-electron chi connectivity index (χ2n) is 6.19. The summed E-state index contributed by atoms with van der Waals surface area (Å²) in [5, 5.41) is 4.65. The molecule has 2 aromatic heterocycles. The molecule has 0 amide bonds. The Morgan fingerprint density at radius 2 is 1.96 bits per heavy atom. The highest BCUT2D eigenvalue weighted by atomic mass is 16.5. The van der Waals surface area contributed by atoms with Crippen LogP contribution in [0.1, 0.15) is 32.1 Å². The van der Waals surface area contributed by atoms with Crippen molar-refractivity contribution in [2.45, 2.75) is 38.2 Å². The number of hydrogen-bond donors (Lipinski definition) is 0. The maximum absolute atomic E-state index is 6.08. The molecule has 1 aliphatic carbocycles. The normalized spacial score (nSPS) is 15.5. The van der Waals surface area contributed by atoms with E-state index in [0.717, 1.165) is 35.5 Å². The molecule has 1 aliphatic rings. The molecule has 0 radical (unpaired) electrons. The number of benzene rings is 1. The third-order valence-electron chi connectivity index (χ3n) is 4.54. The summed E-state index contributed by atoms with van der Waals surface area (Å²) in [7, 11) is 1.67. The number of hydrogen-bond acceptors (Lipinski definition) is 4. The number of imidazole rings is 1. The fourth-order valence-electron chi connectivity index (χ4n) is 3.25. The van der Waals surface area contributed by atoms with Gasteiger partial charge < -0.3 is 9.47 Å². The van der Waals surface area contributed by atoms with E-state index in [0.29, 0.717) is 5.88 Å². The minimum Gasteiger partial charge on any atom is -0.497 e. The van der Waals surface area contributed by atoms with Crippen LogP contribution in [0.3, 0.4) is 0 Å². The van der Waals surface area contributed by atoms with Crippen molar-refractivity contribution < 1.29 is 9.47 Å². The van der Waals surface area contributed by atoms with Crippen molar-refractivity contribution in [3.05, 3.63) is 42.6 Å². The van der Waals surface area contributed by atoms with Gasteiger partial charge in [-0.1, -0.05) is 18.6 Å². The van der Waals surface area contributed by atoms with E-state index in [9.17, 15) is 0 Å². The standard InChI is InChI=1S/C19H21N3O2/c1-23-16-9-5-6-14(12-16)17-13-20-18-10-11-19(21-22(17)18)24-15-7-3-2-4-8-15/h5-6,9-13,15H,2-4,7-8H2,1H3. The van der Waals surface area contributed by atoms with Crippen LogP contribution in [-0.2, 0) is 0 Å². The zero-order valence-electron chi connectivity index (χ0n) is 13.8. The predicted octanol–water partition coefficient (Wildman–Crippen LogP) is 4.12. The number of nitrogens with zero attached hydrogens (tertiary/aromatic N) is 3. The molecule has 2 heterocycles. The van der Waals surface area contributed by atoms with Crippen LogP contribution in [0.4, 0.5) is 0 Å². The number of rotatable bonds is 4. The van der Waals surface area contributed by atoms with E-state index in [4.69, 9.17) is 9.47 Å². The summed E-state index contributed by atoms with van der Waals surface area (Å²) in [6, 6.07) is 11.8. The fourth-order valence-corrected chi connectivity index (χ4v) is 3.25. The number of methoxy groups -OCH3 is 1. The van der Waals surface area contributed by atoms with Gasteiger partial charge >= 0.3 is 0 Å². The summed E-state index contributed by atoms with van der Waals surface area (Å²) in [6.07, 6.45) is 8.15. The van der Waals surface area contributed by atoms with Gasteiger partial charge in [0, 0.05) is 11.6 Å². The van der Waals surface area contributed by atoms with Crippen molar-refractivity contribution in [2.75, 3.05) is 7.11 Å². The third-order valence-corrected chi connectivity index (χ3v) is 4.54. The van der Waals surface area contributed by atoms with Crippen molar-refractivity contribution in [3.8, 4) is 22.9 Å². The van der Waals surface area contributed by atoms with Gasteiger partial charge in [0.15, 0.2) is 5.65 Å². The summed E-state index contributed by atoms with van der Waals surface area (Å²) in [4.78, 5) is 4.44. The molecule has 1 aromatic carbocycles. The molecule has 1 fully saturated rings. The van der Waals surface area contributed by atoms with Crippen LogP contribution >= 0.6 is 0 Å². The lowest BCUT2D eigenvalue weighted by Crippen LogP contribution is -2.20. The van der Waals surface area contributed by atoms with Crippen molar-refractivity contribution in [3.63, 3.8) is 0 Å². The molecule has 0 aliphatic heterocycles. The Bertz CT molecular complexity index is 837. The minimum absolute atomic E-state index is 0.285. The van der Waals surface area contributed by atoms with Crippen LogP contribution in [0.5, 0.6) is 11.6 Å². The first kappa shape index (κ1) is 15.0. The Morgan fingerprint density at radius 3 is 2.79 bits per heavy atom.